The Labute approximate surface area is 141 Å². The number of halogens is 4. The van der Waals surface area contributed by atoms with Crippen molar-refractivity contribution < 1.29 is 22.8 Å². The molecule has 0 unspecified atom stereocenters. The zero-order valence-electron chi connectivity index (χ0n) is 12.8. The molecule has 0 saturated heterocycles. The van der Waals surface area contributed by atoms with Crippen LogP contribution >= 0.6 is 11.6 Å². The van der Waals surface area contributed by atoms with Crippen LogP contribution in [-0.2, 0) is 11.0 Å². The maximum Gasteiger partial charge on any atom is 0.416 e. The smallest absolute Gasteiger partial charge is 0.399 e. The average molecular weight is 356 g/mol. The molecule has 0 bridgehead atoms. The van der Waals surface area contributed by atoms with Gasteiger partial charge < -0.3 is 4.84 Å². The number of nitrogens with zero attached hydrogens (tertiary/aromatic N) is 1. The van der Waals surface area contributed by atoms with Crippen LogP contribution in [0, 0.1) is 0 Å². The van der Waals surface area contributed by atoms with Gasteiger partial charge in [-0.15, -0.1) is 0 Å². The van der Waals surface area contributed by atoms with Gasteiger partial charge in [-0.3, -0.25) is 4.79 Å². The van der Waals surface area contributed by atoms with Crippen LogP contribution in [0.2, 0.25) is 5.02 Å². The van der Waals surface area contributed by atoms with Gasteiger partial charge in [-0.1, -0.05) is 35.0 Å². The van der Waals surface area contributed by atoms with Crippen LogP contribution in [0.25, 0.3) is 0 Å². The van der Waals surface area contributed by atoms with Gasteiger partial charge in [0.25, 0.3) is 0 Å². The van der Waals surface area contributed by atoms with Crippen LogP contribution < -0.4 is 0 Å². The molecule has 24 heavy (non-hydrogen) atoms. The number of carbonyl (C=O) groups is 1. The zero-order valence-corrected chi connectivity index (χ0v) is 13.6. The van der Waals surface area contributed by atoms with Crippen molar-refractivity contribution in [3.8, 4) is 0 Å². The summed E-state index contributed by atoms with van der Waals surface area (Å²) in [5.41, 5.74) is 0.482. The molecule has 3 nitrogen and oxygen atoms in total. The summed E-state index contributed by atoms with van der Waals surface area (Å²) < 4.78 is 37.9. The minimum atomic E-state index is -4.45. The Bertz CT molecular complexity index is 783. The molecule has 0 amide bonds. The van der Waals surface area contributed by atoms with E-state index >= 15 is 0 Å². The number of hydrogen-bond acceptors (Lipinski definition) is 3. The third-order valence-electron chi connectivity index (χ3n) is 3.32. The first-order chi connectivity index (χ1) is 11.2. The molecule has 2 aromatic rings. The van der Waals surface area contributed by atoms with E-state index in [1.165, 1.54) is 13.2 Å². The van der Waals surface area contributed by atoms with Crippen molar-refractivity contribution >= 4 is 23.1 Å². The van der Waals surface area contributed by atoms with Crippen molar-refractivity contribution in [3.63, 3.8) is 0 Å². The predicted octanol–water partition coefficient (Wildman–Crippen LogP) is 4.96. The number of carbonyl (C=O) groups excluding carboxylic acids is 1. The Morgan fingerprint density at radius 3 is 2.25 bits per heavy atom. The Morgan fingerprint density at radius 2 is 1.71 bits per heavy atom. The number of ketones is 1. The highest BCUT2D eigenvalue weighted by Gasteiger charge is 2.30. The first kappa shape index (κ1) is 18.0. The Balaban J connectivity index is 2.46. The van der Waals surface area contributed by atoms with E-state index in [1.54, 1.807) is 19.1 Å². The molecule has 0 aliphatic carbocycles. The fourth-order valence-corrected chi connectivity index (χ4v) is 2.34. The molecule has 7 heteroatoms. The van der Waals surface area contributed by atoms with E-state index in [-0.39, 0.29) is 11.1 Å². The predicted molar refractivity (Wildman–Crippen MR) is 85.5 cm³/mol. The van der Waals surface area contributed by atoms with Crippen molar-refractivity contribution in [1.82, 2.24) is 0 Å². The minimum Gasteiger partial charge on any atom is -0.399 e. The molecule has 0 atom stereocenters. The Kier molecular flexibility index (Phi) is 5.29. The van der Waals surface area contributed by atoms with Crippen LogP contribution in [0.1, 0.15) is 34.0 Å². The molecule has 0 aliphatic heterocycles. The molecule has 2 rings (SSSR count). The molecule has 0 heterocycles. The normalized spacial score (nSPS) is 12.2. The summed E-state index contributed by atoms with van der Waals surface area (Å²) >= 11 is 5.94. The highest BCUT2D eigenvalue weighted by Crippen LogP contribution is 2.29. The molecule has 0 N–H and O–H groups in total. The second-order valence-electron chi connectivity index (χ2n) is 4.95. The van der Waals surface area contributed by atoms with Crippen molar-refractivity contribution in [2.75, 3.05) is 7.11 Å². The monoisotopic (exact) mass is 355 g/mol. The summed E-state index contributed by atoms with van der Waals surface area (Å²) in [6.07, 6.45) is -4.45. The quantitative estimate of drug-likeness (QED) is 0.441. The molecular weight excluding hydrogens is 343 g/mol. The lowest BCUT2D eigenvalue weighted by Crippen LogP contribution is -2.10. The van der Waals surface area contributed by atoms with Crippen molar-refractivity contribution in [1.29, 1.82) is 0 Å². The van der Waals surface area contributed by atoms with Gasteiger partial charge in [0, 0.05) is 21.7 Å². The van der Waals surface area contributed by atoms with Gasteiger partial charge in [0.1, 0.15) is 7.11 Å². The minimum absolute atomic E-state index is 0.122. The Hall–Kier alpha value is -2.34. The van der Waals surface area contributed by atoms with Crippen LogP contribution in [0.5, 0.6) is 0 Å². The molecule has 0 radical (unpaired) electrons. The highest BCUT2D eigenvalue weighted by molar-refractivity contribution is 6.31. The topological polar surface area (TPSA) is 38.7 Å². The fourth-order valence-electron chi connectivity index (χ4n) is 2.17. The highest BCUT2D eigenvalue weighted by atomic mass is 35.5. The van der Waals surface area contributed by atoms with Gasteiger partial charge in [0.2, 0.25) is 0 Å². The molecule has 0 aliphatic rings. The van der Waals surface area contributed by atoms with E-state index < -0.39 is 17.5 Å². The summed E-state index contributed by atoms with van der Waals surface area (Å²) in [7, 11) is 1.37. The lowest BCUT2D eigenvalue weighted by atomic mass is 9.95. The van der Waals surface area contributed by atoms with Crippen LogP contribution in [0.3, 0.4) is 0 Å². The van der Waals surface area contributed by atoms with E-state index in [2.05, 4.69) is 5.16 Å². The lowest BCUT2D eigenvalue weighted by Gasteiger charge is -2.10. The van der Waals surface area contributed by atoms with Gasteiger partial charge >= 0.3 is 6.18 Å². The van der Waals surface area contributed by atoms with Crippen LogP contribution in [0.15, 0.2) is 47.6 Å². The first-order valence-electron chi connectivity index (χ1n) is 6.83. The van der Waals surface area contributed by atoms with Crippen LogP contribution in [-0.4, -0.2) is 18.6 Å². The summed E-state index contributed by atoms with van der Waals surface area (Å²) in [5, 5.41) is 4.11. The number of hydrogen-bond donors (Lipinski definition) is 0. The molecule has 2 aromatic carbocycles. The van der Waals surface area contributed by atoms with Gasteiger partial charge in [-0.25, -0.2) is 0 Å². The molecule has 126 valence electrons. The molecular formula is C17H13ClF3NO2. The maximum atomic E-state index is 12.7. The number of benzene rings is 2. The van der Waals surface area contributed by atoms with Crippen LogP contribution in [0.4, 0.5) is 13.2 Å². The van der Waals surface area contributed by atoms with Crippen molar-refractivity contribution in [2.24, 2.45) is 5.16 Å². The molecule has 0 aromatic heterocycles. The largest absolute Gasteiger partial charge is 0.416 e. The van der Waals surface area contributed by atoms with Gasteiger partial charge in [-0.05, 0) is 31.2 Å². The average Bonchev–Trinajstić information content (AvgIpc) is 2.53. The van der Waals surface area contributed by atoms with E-state index in [1.807, 2.05) is 0 Å². The van der Waals surface area contributed by atoms with Crippen molar-refractivity contribution in [3.05, 3.63) is 69.7 Å². The number of rotatable bonds is 4. The van der Waals surface area contributed by atoms with Crippen molar-refractivity contribution in [2.45, 2.75) is 13.1 Å². The van der Waals surface area contributed by atoms with Gasteiger partial charge in [-0.2, -0.15) is 13.2 Å². The van der Waals surface area contributed by atoms with E-state index in [0.717, 1.165) is 24.3 Å². The lowest BCUT2D eigenvalue weighted by molar-refractivity contribution is -0.137. The maximum absolute atomic E-state index is 12.7. The third kappa shape index (κ3) is 3.94. The van der Waals surface area contributed by atoms with Gasteiger partial charge in [0.05, 0.1) is 11.3 Å². The summed E-state index contributed by atoms with van der Waals surface area (Å²) in [4.78, 5) is 17.4. The summed E-state index contributed by atoms with van der Waals surface area (Å²) in [6, 6.07) is 8.66. The fraction of sp³-hybridized carbons (Fsp3) is 0.176. The third-order valence-corrected chi connectivity index (χ3v) is 3.55. The molecule has 0 fully saturated rings. The summed E-state index contributed by atoms with van der Waals surface area (Å²) in [5.74, 6) is -0.452. The van der Waals surface area contributed by atoms with Gasteiger partial charge in [0.15, 0.2) is 5.78 Å². The SMILES string of the molecule is CO/N=C(/C)c1ccc(Cl)cc1C(=O)c1ccc(C(F)(F)F)cc1. The Morgan fingerprint density at radius 1 is 1.08 bits per heavy atom. The zero-order chi connectivity index (χ0) is 17.9. The molecule has 0 saturated carbocycles. The first-order valence-corrected chi connectivity index (χ1v) is 7.21. The molecule has 0 spiro atoms. The number of alkyl halides is 3. The van der Waals surface area contributed by atoms with E-state index in [4.69, 9.17) is 16.4 Å². The standard InChI is InChI=1S/C17H13ClF3NO2/c1-10(22-24-2)14-8-7-13(18)9-15(14)16(23)11-3-5-12(6-4-11)17(19,20)21/h3-9H,1-2H3/b22-10-. The summed E-state index contributed by atoms with van der Waals surface area (Å²) in [6.45, 7) is 1.65. The second-order valence-corrected chi connectivity index (χ2v) is 5.39. The van der Waals surface area contributed by atoms with E-state index in [9.17, 15) is 18.0 Å². The van der Waals surface area contributed by atoms with E-state index in [0.29, 0.717) is 16.3 Å². The second kappa shape index (κ2) is 7.05. The number of oxime groups is 1.